The largest absolute Gasteiger partial charge is 0.491 e. The van der Waals surface area contributed by atoms with Crippen LogP contribution in [0, 0.1) is 0 Å². The number of pyridine rings is 1. The highest BCUT2D eigenvalue weighted by molar-refractivity contribution is 5.94. The molecule has 0 spiro atoms. The van der Waals surface area contributed by atoms with Crippen LogP contribution >= 0.6 is 0 Å². The third kappa shape index (κ3) is 3.69. The van der Waals surface area contributed by atoms with Gasteiger partial charge >= 0.3 is 6.03 Å². The van der Waals surface area contributed by atoms with Crippen LogP contribution in [0.4, 0.5) is 10.5 Å². The van der Waals surface area contributed by atoms with Crippen LogP contribution in [0.25, 0.3) is 0 Å². The number of nitrogens with zero attached hydrogens (tertiary/aromatic N) is 2. The number of carbonyl (C=O) groups excluding carboxylic acids is 2. The summed E-state index contributed by atoms with van der Waals surface area (Å²) in [6.45, 7) is 2.52. The zero-order chi connectivity index (χ0) is 17.8. The van der Waals surface area contributed by atoms with Crippen molar-refractivity contribution in [2.45, 2.75) is 19.5 Å². The third-order valence-electron chi connectivity index (χ3n) is 3.98. The van der Waals surface area contributed by atoms with Gasteiger partial charge in [0.1, 0.15) is 12.4 Å². The molecule has 2 aromatic rings. The summed E-state index contributed by atoms with van der Waals surface area (Å²) in [6, 6.07) is 7.86. The molecule has 0 fully saturated rings. The van der Waals surface area contributed by atoms with Crippen molar-refractivity contribution < 1.29 is 19.5 Å². The molecule has 2 heterocycles. The van der Waals surface area contributed by atoms with Gasteiger partial charge in [0.25, 0.3) is 5.91 Å². The number of anilines is 1. The van der Waals surface area contributed by atoms with E-state index >= 15 is 0 Å². The number of hydroxylamine groups is 1. The Morgan fingerprint density at radius 1 is 1.28 bits per heavy atom. The number of fused-ring (bicyclic) bond motifs is 1. The Hall–Kier alpha value is -3.13. The molecule has 0 saturated carbocycles. The molecular weight excluding hydrogens is 324 g/mol. The normalized spacial score (nSPS) is 16.2. The minimum atomic E-state index is -0.615. The zero-order valence-corrected chi connectivity index (χ0v) is 13.6. The highest BCUT2D eigenvalue weighted by Gasteiger charge is 2.26. The standard InChI is InChI=1S/C17H18N4O4/c1-11-10-25-15-8-12(16(22)20-24)2-3-13(15)9-21(11)17(23)19-14-4-6-18-7-5-14/h2-8,11,24H,9-10H2,1H3,(H,20,22)(H,18,19,23)/t11-/m0/s1. The van der Waals surface area contributed by atoms with Crippen LogP contribution < -0.4 is 15.5 Å². The summed E-state index contributed by atoms with van der Waals surface area (Å²) in [5.41, 5.74) is 3.31. The van der Waals surface area contributed by atoms with E-state index in [1.165, 1.54) is 0 Å². The molecule has 3 amide bonds. The molecule has 3 rings (SSSR count). The lowest BCUT2D eigenvalue weighted by Crippen LogP contribution is -2.42. The first kappa shape index (κ1) is 16.7. The highest BCUT2D eigenvalue weighted by atomic mass is 16.5. The van der Waals surface area contributed by atoms with E-state index < -0.39 is 5.91 Å². The lowest BCUT2D eigenvalue weighted by Gasteiger charge is -2.26. The van der Waals surface area contributed by atoms with E-state index in [4.69, 9.17) is 9.94 Å². The smallest absolute Gasteiger partial charge is 0.322 e. The van der Waals surface area contributed by atoms with Crippen LogP contribution in [0.3, 0.4) is 0 Å². The second kappa shape index (κ2) is 7.18. The van der Waals surface area contributed by atoms with Crippen LogP contribution in [-0.4, -0.2) is 39.7 Å². The van der Waals surface area contributed by atoms with E-state index in [1.54, 1.807) is 53.1 Å². The summed E-state index contributed by atoms with van der Waals surface area (Å²) in [4.78, 5) is 29.7. The maximum atomic E-state index is 12.6. The molecule has 0 unspecified atom stereocenters. The van der Waals surface area contributed by atoms with Gasteiger partial charge in [-0.25, -0.2) is 10.3 Å². The van der Waals surface area contributed by atoms with Gasteiger partial charge < -0.3 is 15.0 Å². The third-order valence-corrected chi connectivity index (χ3v) is 3.98. The van der Waals surface area contributed by atoms with Crippen LogP contribution in [0.15, 0.2) is 42.7 Å². The molecule has 1 aliphatic heterocycles. The summed E-state index contributed by atoms with van der Waals surface area (Å²) in [5, 5.41) is 11.6. The summed E-state index contributed by atoms with van der Waals surface area (Å²) in [7, 11) is 0. The predicted molar refractivity (Wildman–Crippen MR) is 89.5 cm³/mol. The Balaban J connectivity index is 1.80. The van der Waals surface area contributed by atoms with E-state index in [0.29, 0.717) is 24.6 Å². The molecule has 3 N–H and O–H groups in total. The van der Waals surface area contributed by atoms with Crippen molar-refractivity contribution in [3.05, 3.63) is 53.9 Å². The van der Waals surface area contributed by atoms with Gasteiger partial charge in [0.05, 0.1) is 12.6 Å². The molecule has 8 heteroatoms. The Morgan fingerprint density at radius 3 is 2.76 bits per heavy atom. The lowest BCUT2D eigenvalue weighted by atomic mass is 10.1. The fourth-order valence-electron chi connectivity index (χ4n) is 2.57. The first-order valence-electron chi connectivity index (χ1n) is 7.76. The number of aromatic nitrogens is 1. The molecule has 0 bridgehead atoms. The van der Waals surface area contributed by atoms with Crippen LogP contribution in [-0.2, 0) is 6.54 Å². The van der Waals surface area contributed by atoms with Gasteiger partial charge in [0.2, 0.25) is 0 Å². The van der Waals surface area contributed by atoms with Crippen LogP contribution in [0.1, 0.15) is 22.8 Å². The summed E-state index contributed by atoms with van der Waals surface area (Å²) >= 11 is 0. The lowest BCUT2D eigenvalue weighted by molar-refractivity contribution is 0.0706. The van der Waals surface area contributed by atoms with Gasteiger partial charge in [-0.2, -0.15) is 0 Å². The summed E-state index contributed by atoms with van der Waals surface area (Å²) < 4.78 is 5.73. The number of urea groups is 1. The van der Waals surface area contributed by atoms with Gasteiger partial charge in [-0.15, -0.1) is 0 Å². The number of hydrogen-bond donors (Lipinski definition) is 3. The number of nitrogens with one attached hydrogen (secondary N) is 2. The van der Waals surface area contributed by atoms with E-state index in [9.17, 15) is 9.59 Å². The first-order chi connectivity index (χ1) is 12.1. The first-order valence-corrected chi connectivity index (χ1v) is 7.76. The second-order valence-corrected chi connectivity index (χ2v) is 5.72. The van der Waals surface area contributed by atoms with Crippen LogP contribution in [0.2, 0.25) is 0 Å². The summed E-state index contributed by atoms with van der Waals surface area (Å²) in [5.74, 6) is -0.0943. The molecule has 1 aromatic carbocycles. The molecule has 1 aliphatic rings. The maximum Gasteiger partial charge on any atom is 0.322 e. The Labute approximate surface area is 144 Å². The molecule has 130 valence electrons. The summed E-state index contributed by atoms with van der Waals surface area (Å²) in [6.07, 6.45) is 3.21. The predicted octanol–water partition coefficient (Wildman–Crippen LogP) is 2.02. The van der Waals surface area contributed by atoms with E-state index in [1.807, 2.05) is 6.92 Å². The van der Waals surface area contributed by atoms with Gasteiger partial charge in [-0.05, 0) is 31.2 Å². The number of ether oxygens (including phenoxy) is 1. The molecule has 0 radical (unpaired) electrons. The number of amides is 3. The molecule has 8 nitrogen and oxygen atoms in total. The van der Waals surface area contributed by atoms with Crippen LogP contribution in [0.5, 0.6) is 5.75 Å². The van der Waals surface area contributed by atoms with E-state index in [2.05, 4.69) is 10.3 Å². The van der Waals surface area contributed by atoms with Gasteiger partial charge in [-0.1, -0.05) is 6.07 Å². The fraction of sp³-hybridized carbons (Fsp3) is 0.235. The molecule has 25 heavy (non-hydrogen) atoms. The van der Waals surface area contributed by atoms with Crippen molar-refractivity contribution in [1.82, 2.24) is 15.4 Å². The second-order valence-electron chi connectivity index (χ2n) is 5.72. The van der Waals surface area contributed by atoms with E-state index in [0.717, 1.165) is 5.56 Å². The SMILES string of the molecule is C[C@H]1COc2cc(C(=O)NO)ccc2CN1C(=O)Nc1ccncc1. The van der Waals surface area contributed by atoms with Gasteiger partial charge in [-0.3, -0.25) is 15.0 Å². The van der Waals surface area contributed by atoms with Gasteiger partial charge in [0, 0.05) is 29.2 Å². The minimum absolute atomic E-state index is 0.163. The molecule has 0 saturated heterocycles. The fourth-order valence-corrected chi connectivity index (χ4v) is 2.57. The molecule has 0 aliphatic carbocycles. The van der Waals surface area contributed by atoms with Crippen molar-refractivity contribution in [2.75, 3.05) is 11.9 Å². The van der Waals surface area contributed by atoms with Gasteiger partial charge in [0.15, 0.2) is 0 Å². The molecular formula is C17H18N4O4. The average molecular weight is 342 g/mol. The van der Waals surface area contributed by atoms with Crippen molar-refractivity contribution in [2.24, 2.45) is 0 Å². The zero-order valence-electron chi connectivity index (χ0n) is 13.6. The quantitative estimate of drug-likeness (QED) is 0.572. The highest BCUT2D eigenvalue weighted by Crippen LogP contribution is 2.27. The number of rotatable bonds is 2. The number of benzene rings is 1. The minimum Gasteiger partial charge on any atom is -0.491 e. The van der Waals surface area contributed by atoms with E-state index in [-0.39, 0.29) is 17.6 Å². The topological polar surface area (TPSA) is 104 Å². The molecule has 1 aromatic heterocycles. The van der Waals surface area contributed by atoms with Crippen molar-refractivity contribution in [1.29, 1.82) is 0 Å². The Bertz CT molecular complexity index is 781. The number of carbonyl (C=O) groups is 2. The van der Waals surface area contributed by atoms with Crippen molar-refractivity contribution in [3.63, 3.8) is 0 Å². The maximum absolute atomic E-state index is 12.6. The Morgan fingerprint density at radius 2 is 2.04 bits per heavy atom. The number of hydrogen-bond acceptors (Lipinski definition) is 5. The Kier molecular flexibility index (Phi) is 4.80. The monoisotopic (exact) mass is 342 g/mol. The molecule has 1 atom stereocenters. The average Bonchev–Trinajstić information content (AvgIpc) is 2.80. The van der Waals surface area contributed by atoms with Crippen molar-refractivity contribution >= 4 is 17.6 Å². The van der Waals surface area contributed by atoms with Crippen molar-refractivity contribution in [3.8, 4) is 5.75 Å².